The van der Waals surface area contributed by atoms with Gasteiger partial charge in [-0.1, -0.05) is 12.1 Å². The summed E-state index contributed by atoms with van der Waals surface area (Å²) < 4.78 is 10.5. The van der Waals surface area contributed by atoms with Crippen molar-refractivity contribution in [2.24, 2.45) is 0 Å². The maximum atomic E-state index is 12.2. The smallest absolute Gasteiger partial charge is 0.255 e. The van der Waals surface area contributed by atoms with Gasteiger partial charge in [-0.25, -0.2) is 0 Å². The Balaban J connectivity index is 1.44. The second kappa shape index (κ2) is 9.75. The van der Waals surface area contributed by atoms with Crippen molar-refractivity contribution in [3.8, 4) is 5.75 Å². The zero-order chi connectivity index (χ0) is 19.8. The Morgan fingerprint density at radius 3 is 2.50 bits per heavy atom. The SMILES string of the molecule is COc1ccccc1C(=O)NCCC(=O)Nc1ccc(N2CCOCC2)cc1. The summed E-state index contributed by atoms with van der Waals surface area (Å²) in [6.07, 6.45) is 0.187. The minimum atomic E-state index is -0.264. The minimum Gasteiger partial charge on any atom is -0.496 e. The molecule has 0 aromatic heterocycles. The van der Waals surface area contributed by atoms with Crippen molar-refractivity contribution < 1.29 is 19.1 Å². The topological polar surface area (TPSA) is 79.9 Å². The van der Waals surface area contributed by atoms with Crippen LogP contribution in [0.2, 0.25) is 0 Å². The molecule has 148 valence electrons. The van der Waals surface area contributed by atoms with E-state index in [1.165, 1.54) is 7.11 Å². The second-order valence-corrected chi connectivity index (χ2v) is 6.40. The molecule has 0 saturated carbocycles. The van der Waals surface area contributed by atoms with Crippen LogP contribution in [0, 0.1) is 0 Å². The Bertz CT molecular complexity index is 802. The first-order valence-corrected chi connectivity index (χ1v) is 9.31. The summed E-state index contributed by atoms with van der Waals surface area (Å²) >= 11 is 0. The second-order valence-electron chi connectivity index (χ2n) is 6.40. The van der Waals surface area contributed by atoms with Crippen LogP contribution in [0.1, 0.15) is 16.8 Å². The van der Waals surface area contributed by atoms with Gasteiger partial charge in [0.15, 0.2) is 0 Å². The van der Waals surface area contributed by atoms with E-state index in [0.29, 0.717) is 11.3 Å². The molecule has 1 heterocycles. The van der Waals surface area contributed by atoms with Gasteiger partial charge in [-0.2, -0.15) is 0 Å². The normalized spacial score (nSPS) is 13.7. The highest BCUT2D eigenvalue weighted by molar-refractivity contribution is 5.97. The molecule has 0 aliphatic carbocycles. The monoisotopic (exact) mass is 383 g/mol. The highest BCUT2D eigenvalue weighted by Crippen LogP contribution is 2.19. The number of ether oxygens (including phenoxy) is 2. The van der Waals surface area contributed by atoms with Crippen LogP contribution < -0.4 is 20.3 Å². The number of hydrogen-bond acceptors (Lipinski definition) is 5. The maximum absolute atomic E-state index is 12.2. The molecule has 2 N–H and O–H groups in total. The number of para-hydroxylation sites is 1. The number of amides is 2. The van der Waals surface area contributed by atoms with Crippen LogP contribution >= 0.6 is 0 Å². The Morgan fingerprint density at radius 1 is 1.07 bits per heavy atom. The molecule has 1 saturated heterocycles. The summed E-state index contributed by atoms with van der Waals surface area (Å²) in [6, 6.07) is 14.7. The third-order valence-corrected chi connectivity index (χ3v) is 4.52. The van der Waals surface area contributed by atoms with Crippen molar-refractivity contribution in [2.45, 2.75) is 6.42 Å². The average Bonchev–Trinajstić information content (AvgIpc) is 2.74. The lowest BCUT2D eigenvalue weighted by Gasteiger charge is -2.28. The molecule has 0 atom stereocenters. The molecule has 0 radical (unpaired) electrons. The van der Waals surface area contributed by atoms with Gasteiger partial charge in [-0.05, 0) is 36.4 Å². The van der Waals surface area contributed by atoms with Gasteiger partial charge in [0, 0.05) is 37.4 Å². The Labute approximate surface area is 164 Å². The van der Waals surface area contributed by atoms with Crippen LogP contribution in [0.15, 0.2) is 48.5 Å². The maximum Gasteiger partial charge on any atom is 0.255 e. The standard InChI is InChI=1S/C21H25N3O4/c1-27-19-5-3-2-4-18(19)21(26)22-11-10-20(25)23-16-6-8-17(9-7-16)24-12-14-28-15-13-24/h2-9H,10-15H2,1H3,(H,22,26)(H,23,25). The highest BCUT2D eigenvalue weighted by Gasteiger charge is 2.13. The first-order valence-electron chi connectivity index (χ1n) is 9.31. The fourth-order valence-corrected chi connectivity index (χ4v) is 3.02. The van der Waals surface area contributed by atoms with Crippen LogP contribution in [0.3, 0.4) is 0 Å². The highest BCUT2D eigenvalue weighted by atomic mass is 16.5. The molecule has 0 spiro atoms. The molecule has 1 aliphatic heterocycles. The summed E-state index contributed by atoms with van der Waals surface area (Å²) in [5.41, 5.74) is 2.30. The zero-order valence-electron chi connectivity index (χ0n) is 15.9. The van der Waals surface area contributed by atoms with Gasteiger partial charge in [0.1, 0.15) is 5.75 Å². The van der Waals surface area contributed by atoms with Crippen LogP contribution in [0.4, 0.5) is 11.4 Å². The predicted octanol–water partition coefficient (Wildman–Crippen LogP) is 2.29. The number of morpholine rings is 1. The van der Waals surface area contributed by atoms with Gasteiger partial charge in [0.25, 0.3) is 5.91 Å². The Kier molecular flexibility index (Phi) is 6.86. The van der Waals surface area contributed by atoms with Crippen molar-refractivity contribution in [2.75, 3.05) is 50.2 Å². The molecule has 2 amide bonds. The number of methoxy groups -OCH3 is 1. The number of rotatable bonds is 7. The summed E-state index contributed by atoms with van der Waals surface area (Å²) in [5.74, 6) is 0.0874. The van der Waals surface area contributed by atoms with Crippen molar-refractivity contribution in [3.63, 3.8) is 0 Å². The number of hydrogen-bond donors (Lipinski definition) is 2. The molecule has 0 unspecified atom stereocenters. The first kappa shape index (κ1) is 19.7. The van der Waals surface area contributed by atoms with Crippen LogP contribution in [0.25, 0.3) is 0 Å². The van der Waals surface area contributed by atoms with E-state index < -0.39 is 0 Å². The molecule has 28 heavy (non-hydrogen) atoms. The fraction of sp³-hybridized carbons (Fsp3) is 0.333. The summed E-state index contributed by atoms with van der Waals surface area (Å²) in [6.45, 7) is 3.46. The van der Waals surface area contributed by atoms with Gasteiger partial charge >= 0.3 is 0 Å². The molecular weight excluding hydrogens is 358 g/mol. The zero-order valence-corrected chi connectivity index (χ0v) is 15.9. The van der Waals surface area contributed by atoms with Gasteiger partial charge in [0.05, 0.1) is 25.9 Å². The number of carbonyl (C=O) groups is 2. The summed E-state index contributed by atoms with van der Waals surface area (Å²) in [4.78, 5) is 26.6. The fourth-order valence-electron chi connectivity index (χ4n) is 3.02. The van der Waals surface area contributed by atoms with Gasteiger partial charge in [0.2, 0.25) is 5.91 Å². The van der Waals surface area contributed by atoms with E-state index in [2.05, 4.69) is 15.5 Å². The summed E-state index contributed by atoms with van der Waals surface area (Å²) in [7, 11) is 1.52. The number of nitrogens with zero attached hydrogens (tertiary/aromatic N) is 1. The van der Waals surface area contributed by atoms with E-state index in [0.717, 1.165) is 37.7 Å². The Hall–Kier alpha value is -3.06. The van der Waals surface area contributed by atoms with E-state index in [4.69, 9.17) is 9.47 Å². The molecular formula is C21H25N3O4. The van der Waals surface area contributed by atoms with Crippen molar-refractivity contribution >= 4 is 23.2 Å². The lowest BCUT2D eigenvalue weighted by molar-refractivity contribution is -0.116. The van der Waals surface area contributed by atoms with Gasteiger partial charge in [-0.3, -0.25) is 9.59 Å². The van der Waals surface area contributed by atoms with Crippen molar-refractivity contribution in [3.05, 3.63) is 54.1 Å². The molecule has 7 heteroatoms. The lowest BCUT2D eigenvalue weighted by Crippen LogP contribution is -2.36. The predicted molar refractivity (Wildman–Crippen MR) is 108 cm³/mol. The minimum absolute atomic E-state index is 0.153. The van der Waals surface area contributed by atoms with Gasteiger partial charge in [-0.15, -0.1) is 0 Å². The molecule has 0 bridgehead atoms. The van der Waals surface area contributed by atoms with E-state index in [1.807, 2.05) is 24.3 Å². The first-order chi connectivity index (χ1) is 13.7. The molecule has 3 rings (SSSR count). The number of nitrogens with one attached hydrogen (secondary N) is 2. The van der Waals surface area contributed by atoms with E-state index in [1.54, 1.807) is 24.3 Å². The van der Waals surface area contributed by atoms with E-state index in [-0.39, 0.29) is 24.8 Å². The van der Waals surface area contributed by atoms with Crippen LogP contribution in [-0.4, -0.2) is 51.8 Å². The molecule has 1 aliphatic rings. The van der Waals surface area contributed by atoms with Crippen molar-refractivity contribution in [1.82, 2.24) is 5.32 Å². The number of benzene rings is 2. The van der Waals surface area contributed by atoms with Crippen LogP contribution in [-0.2, 0) is 9.53 Å². The van der Waals surface area contributed by atoms with E-state index >= 15 is 0 Å². The van der Waals surface area contributed by atoms with Crippen LogP contribution in [0.5, 0.6) is 5.75 Å². The number of anilines is 2. The average molecular weight is 383 g/mol. The third-order valence-electron chi connectivity index (χ3n) is 4.52. The molecule has 2 aromatic rings. The van der Waals surface area contributed by atoms with E-state index in [9.17, 15) is 9.59 Å². The molecule has 7 nitrogen and oxygen atoms in total. The van der Waals surface area contributed by atoms with Gasteiger partial charge < -0.3 is 25.0 Å². The lowest BCUT2D eigenvalue weighted by atomic mass is 10.2. The van der Waals surface area contributed by atoms with Crippen molar-refractivity contribution in [1.29, 1.82) is 0 Å². The quantitative estimate of drug-likeness (QED) is 0.767. The molecule has 2 aromatic carbocycles. The molecule has 1 fully saturated rings. The summed E-state index contributed by atoms with van der Waals surface area (Å²) in [5, 5.41) is 5.59. The largest absolute Gasteiger partial charge is 0.496 e. The Morgan fingerprint density at radius 2 is 1.79 bits per heavy atom. The number of carbonyl (C=O) groups excluding carboxylic acids is 2. The third kappa shape index (κ3) is 5.23.